The van der Waals surface area contributed by atoms with Gasteiger partial charge in [-0.25, -0.2) is 0 Å². The van der Waals surface area contributed by atoms with Crippen LogP contribution >= 0.6 is 15.9 Å². The summed E-state index contributed by atoms with van der Waals surface area (Å²) in [5.74, 6) is -0.617. The fourth-order valence-electron chi connectivity index (χ4n) is 8.29. The van der Waals surface area contributed by atoms with E-state index in [-0.39, 0.29) is 45.4 Å². The molecule has 230 valence electrons. The van der Waals surface area contributed by atoms with Crippen molar-refractivity contribution in [3.05, 3.63) is 0 Å². The first-order valence-corrected chi connectivity index (χ1v) is 22.0. The molecule has 0 N–H and O–H groups in total. The summed E-state index contributed by atoms with van der Waals surface area (Å²) in [5, 5.41) is 0.251. The molecule has 0 aromatic carbocycles. The molecule has 0 radical (unpaired) electrons. The van der Waals surface area contributed by atoms with Crippen molar-refractivity contribution in [3.63, 3.8) is 0 Å². The maximum Gasteiger partial charge on any atom is 0.323 e. The minimum Gasteiger partial charge on any atom is -0.469 e. The Morgan fingerprint density at radius 1 is 1.02 bits per heavy atom. The van der Waals surface area contributed by atoms with Crippen LogP contribution in [0.2, 0.25) is 36.3 Å². The van der Waals surface area contributed by atoms with Crippen LogP contribution in [-0.4, -0.2) is 58.3 Å². The summed E-state index contributed by atoms with van der Waals surface area (Å²) in [6.07, 6.45) is 5.42. The van der Waals surface area contributed by atoms with Crippen molar-refractivity contribution in [2.24, 2.45) is 29.1 Å². The summed E-state index contributed by atoms with van der Waals surface area (Å²) in [5.41, 5.74) is -0.995. The molecule has 8 atom stereocenters. The van der Waals surface area contributed by atoms with E-state index >= 15 is 0 Å². The van der Waals surface area contributed by atoms with Gasteiger partial charge in [-0.1, -0.05) is 57.5 Å². The van der Waals surface area contributed by atoms with Gasteiger partial charge in [-0.15, -0.1) is 0 Å². The van der Waals surface area contributed by atoms with Crippen LogP contribution in [0.25, 0.3) is 0 Å². The number of hydrogen-bond donors (Lipinski definition) is 0. The molecule has 2 bridgehead atoms. The number of hydrogen-bond acceptors (Lipinski definition) is 6. The number of ether oxygens (including phenoxy) is 2. The Morgan fingerprint density at radius 2 is 1.62 bits per heavy atom. The maximum absolute atomic E-state index is 13.8. The summed E-state index contributed by atoms with van der Waals surface area (Å²) in [4.78, 5) is 27.3. The Labute approximate surface area is 253 Å². The SMILES string of the molecule is COC(=O)[C@H]1[C@H]2[C@](CCCO[Si](C)(C)C(C)(C)C)(OC(=O)[C@@]2(C)Br)[C@@H]2CC[C@@H]3C[C@@]21C[C@@H]3O[Si](C)(C)C(C)(C)C. The maximum atomic E-state index is 13.8. The van der Waals surface area contributed by atoms with Crippen molar-refractivity contribution >= 4 is 44.5 Å². The van der Waals surface area contributed by atoms with E-state index in [1.165, 1.54) is 7.11 Å². The quantitative estimate of drug-likeness (QED) is 0.114. The Hall–Kier alpha value is -0.226. The summed E-state index contributed by atoms with van der Waals surface area (Å²) < 4.78 is 24.8. The van der Waals surface area contributed by atoms with Crippen LogP contribution in [0.4, 0.5) is 0 Å². The van der Waals surface area contributed by atoms with Crippen molar-refractivity contribution in [2.75, 3.05) is 13.7 Å². The second-order valence-corrected chi connectivity index (χ2v) is 27.8. The monoisotopic (exact) mass is 658 g/mol. The van der Waals surface area contributed by atoms with Gasteiger partial charge in [0.15, 0.2) is 16.6 Å². The lowest BCUT2D eigenvalue weighted by molar-refractivity contribution is -0.159. The van der Waals surface area contributed by atoms with Gasteiger partial charge in [0.05, 0.1) is 13.0 Å². The summed E-state index contributed by atoms with van der Waals surface area (Å²) in [7, 11) is -2.41. The fourth-order valence-corrected chi connectivity index (χ4v) is 11.5. The summed E-state index contributed by atoms with van der Waals surface area (Å²) in [6.45, 7) is 25.4. The molecule has 1 heterocycles. The molecule has 6 nitrogen and oxygen atoms in total. The Bertz CT molecular complexity index is 1010. The molecule has 0 aromatic rings. The molecule has 3 saturated carbocycles. The number of alkyl halides is 1. The van der Waals surface area contributed by atoms with Crippen LogP contribution in [-0.2, 0) is 27.9 Å². The zero-order chi connectivity index (χ0) is 30.3. The van der Waals surface area contributed by atoms with E-state index in [0.717, 1.165) is 32.1 Å². The third-order valence-electron chi connectivity index (χ3n) is 12.3. The van der Waals surface area contributed by atoms with Crippen LogP contribution in [0.15, 0.2) is 0 Å². The van der Waals surface area contributed by atoms with Crippen molar-refractivity contribution in [1.82, 2.24) is 0 Å². The molecule has 0 amide bonds. The van der Waals surface area contributed by atoms with E-state index in [9.17, 15) is 9.59 Å². The second kappa shape index (κ2) is 10.2. The predicted molar refractivity (Wildman–Crippen MR) is 167 cm³/mol. The minimum atomic E-state index is -2.00. The van der Waals surface area contributed by atoms with Gasteiger partial charge in [0.2, 0.25) is 0 Å². The van der Waals surface area contributed by atoms with E-state index in [1.807, 2.05) is 6.92 Å². The van der Waals surface area contributed by atoms with Gasteiger partial charge in [-0.05, 0) is 93.0 Å². The second-order valence-electron chi connectivity index (χ2n) is 16.6. The number of methoxy groups -OCH3 is 1. The van der Waals surface area contributed by atoms with Gasteiger partial charge < -0.3 is 18.3 Å². The number of fused-ring (bicyclic) bond motifs is 3. The lowest BCUT2D eigenvalue weighted by Crippen LogP contribution is -2.46. The number of halogens is 1. The normalized spacial score (nSPS) is 39.6. The predicted octanol–water partition coefficient (Wildman–Crippen LogP) is 7.85. The first kappa shape index (κ1) is 32.7. The van der Waals surface area contributed by atoms with Gasteiger partial charge in [0.25, 0.3) is 0 Å². The van der Waals surface area contributed by atoms with E-state index in [4.69, 9.17) is 18.3 Å². The van der Waals surface area contributed by atoms with Crippen molar-refractivity contribution < 1.29 is 27.9 Å². The Balaban J connectivity index is 1.70. The minimum absolute atomic E-state index is 0.106. The molecule has 1 aliphatic heterocycles. The smallest absolute Gasteiger partial charge is 0.323 e. The van der Waals surface area contributed by atoms with Crippen molar-refractivity contribution in [3.8, 4) is 0 Å². The highest BCUT2D eigenvalue weighted by Gasteiger charge is 2.81. The molecule has 9 heteroatoms. The van der Waals surface area contributed by atoms with Gasteiger partial charge in [-0.2, -0.15) is 0 Å². The zero-order valence-corrected chi connectivity index (χ0v) is 30.7. The number of esters is 2. The molecule has 4 fully saturated rings. The molecule has 4 aliphatic rings. The molecule has 0 unspecified atom stereocenters. The molecule has 0 aromatic heterocycles. The first-order valence-electron chi connectivity index (χ1n) is 15.4. The highest BCUT2D eigenvalue weighted by Crippen LogP contribution is 2.75. The average molecular weight is 660 g/mol. The van der Waals surface area contributed by atoms with Gasteiger partial charge >= 0.3 is 11.9 Å². The van der Waals surface area contributed by atoms with E-state index in [2.05, 4.69) is 83.7 Å². The van der Waals surface area contributed by atoms with Crippen LogP contribution in [0.3, 0.4) is 0 Å². The van der Waals surface area contributed by atoms with E-state index < -0.39 is 32.5 Å². The summed E-state index contributed by atoms with van der Waals surface area (Å²) >= 11 is 3.81. The van der Waals surface area contributed by atoms with Gasteiger partial charge in [0.1, 0.15) is 9.93 Å². The Morgan fingerprint density at radius 3 is 2.17 bits per heavy atom. The van der Waals surface area contributed by atoms with Crippen LogP contribution in [0, 0.1) is 29.1 Å². The molecule has 3 aliphatic carbocycles. The third kappa shape index (κ3) is 4.93. The lowest BCUT2D eigenvalue weighted by Gasteiger charge is -2.44. The number of carbonyl (C=O) groups excluding carboxylic acids is 2. The largest absolute Gasteiger partial charge is 0.469 e. The molecule has 1 saturated heterocycles. The highest BCUT2D eigenvalue weighted by atomic mass is 79.9. The molecular formula is C31H55BrO6Si2. The highest BCUT2D eigenvalue weighted by molar-refractivity contribution is 9.10. The van der Waals surface area contributed by atoms with E-state index in [0.29, 0.717) is 18.9 Å². The molecular weight excluding hydrogens is 604 g/mol. The average Bonchev–Trinajstić information content (AvgIpc) is 3.29. The summed E-state index contributed by atoms with van der Waals surface area (Å²) in [6, 6.07) is 0. The van der Waals surface area contributed by atoms with Crippen molar-refractivity contribution in [1.29, 1.82) is 0 Å². The van der Waals surface area contributed by atoms with Crippen LogP contribution in [0.1, 0.15) is 87.0 Å². The lowest BCUT2D eigenvalue weighted by atomic mass is 9.63. The standard InChI is InChI=1S/C31H55BrO6Si2/c1-27(2,3)39(9,10)36-17-13-16-31-22-15-14-20-18-30(22,19-21(20)38-40(11,12)28(4,5)6)23(25(33)35-8)24(31)29(7,32)26(34)37-31/h20-24H,13-19H2,1-12H3/t20-,21+,22-,23-,24-,29+,30-,31-/m1/s1. The van der Waals surface area contributed by atoms with Gasteiger partial charge in [0, 0.05) is 24.5 Å². The topological polar surface area (TPSA) is 71.1 Å². The Kier molecular flexibility index (Phi) is 8.31. The fraction of sp³-hybridized carbons (Fsp3) is 0.935. The molecule has 4 rings (SSSR count). The van der Waals surface area contributed by atoms with Crippen molar-refractivity contribution in [2.45, 2.75) is 139 Å². The third-order valence-corrected chi connectivity index (χ3v) is 22.2. The van der Waals surface area contributed by atoms with Gasteiger partial charge in [-0.3, -0.25) is 9.59 Å². The molecule has 1 spiro atoms. The molecule has 40 heavy (non-hydrogen) atoms. The number of rotatable bonds is 8. The van der Waals surface area contributed by atoms with Crippen LogP contribution < -0.4 is 0 Å². The zero-order valence-electron chi connectivity index (χ0n) is 27.2. The first-order chi connectivity index (χ1) is 18.1. The number of carbonyl (C=O) groups is 2. The van der Waals surface area contributed by atoms with E-state index in [1.54, 1.807) is 0 Å². The van der Waals surface area contributed by atoms with Crippen LogP contribution in [0.5, 0.6) is 0 Å².